The number of amides is 1. The number of carbonyl (C=O) groups excluding carboxylic acids is 1. The molecule has 7 nitrogen and oxygen atoms in total. The van der Waals surface area contributed by atoms with Gasteiger partial charge >= 0.3 is 5.97 Å². The van der Waals surface area contributed by atoms with Crippen molar-refractivity contribution in [3.05, 3.63) is 46.6 Å². The van der Waals surface area contributed by atoms with Crippen LogP contribution in [0.5, 0.6) is 5.88 Å². The minimum absolute atomic E-state index is 0.103. The van der Waals surface area contributed by atoms with Crippen molar-refractivity contribution >= 4 is 50.2 Å². The summed E-state index contributed by atoms with van der Waals surface area (Å²) in [6, 6.07) is 6.03. The average Bonchev–Trinajstić information content (AvgIpc) is 2.96. The topological polar surface area (TPSA) is 101 Å². The van der Waals surface area contributed by atoms with E-state index in [0.29, 0.717) is 15.3 Å². The van der Waals surface area contributed by atoms with Crippen LogP contribution in [0.2, 0.25) is 5.02 Å². The Morgan fingerprint density at radius 2 is 2.12 bits per heavy atom. The molecular weight excluding hydrogens is 354 g/mol. The summed E-state index contributed by atoms with van der Waals surface area (Å²) in [5.41, 5.74) is 0.957. The second-order valence-electron chi connectivity index (χ2n) is 4.64. The Hall–Kier alpha value is -2.71. The van der Waals surface area contributed by atoms with Crippen LogP contribution in [0.15, 0.2) is 30.5 Å². The molecule has 0 aliphatic heterocycles. The summed E-state index contributed by atoms with van der Waals surface area (Å²) in [6.07, 6.45) is 1.41. The fourth-order valence-electron chi connectivity index (χ4n) is 2.02. The Morgan fingerprint density at radius 1 is 1.33 bits per heavy atom. The molecule has 2 aromatic heterocycles. The maximum Gasteiger partial charge on any atom is 0.335 e. The standard InChI is InChI=1S/C15H10ClN3O4S/c1-23-13-11(16)8(4-5-17-13)12(20)19-15-18-9-3-2-7(14(21)22)6-10(9)24-15/h2-6H,1H3,(H,21,22)(H,18,19,20). The van der Waals surface area contributed by atoms with E-state index in [1.807, 2.05) is 0 Å². The molecule has 0 spiro atoms. The SMILES string of the molecule is COc1nccc(C(=O)Nc2nc3ccc(C(=O)O)cc3s2)c1Cl. The van der Waals surface area contributed by atoms with Gasteiger partial charge in [0.25, 0.3) is 5.91 Å². The van der Waals surface area contributed by atoms with Crippen LogP contribution in [0, 0.1) is 0 Å². The first-order valence-electron chi connectivity index (χ1n) is 6.63. The highest BCUT2D eigenvalue weighted by atomic mass is 35.5. The van der Waals surface area contributed by atoms with Gasteiger partial charge in [0, 0.05) is 6.20 Å². The van der Waals surface area contributed by atoms with E-state index >= 15 is 0 Å². The van der Waals surface area contributed by atoms with Gasteiger partial charge in [-0.1, -0.05) is 22.9 Å². The van der Waals surface area contributed by atoms with Crippen LogP contribution in [0.4, 0.5) is 5.13 Å². The number of aromatic nitrogens is 2. The van der Waals surface area contributed by atoms with Crippen molar-refractivity contribution in [2.75, 3.05) is 12.4 Å². The van der Waals surface area contributed by atoms with Crippen LogP contribution in [0.25, 0.3) is 10.2 Å². The highest BCUT2D eigenvalue weighted by Crippen LogP contribution is 2.29. The molecule has 0 saturated carbocycles. The van der Waals surface area contributed by atoms with E-state index in [4.69, 9.17) is 21.4 Å². The number of thiazole rings is 1. The molecule has 122 valence electrons. The number of methoxy groups -OCH3 is 1. The molecule has 9 heteroatoms. The molecule has 1 aromatic carbocycles. The number of fused-ring (bicyclic) bond motifs is 1. The van der Waals surface area contributed by atoms with E-state index in [9.17, 15) is 9.59 Å². The molecule has 0 bridgehead atoms. The predicted octanol–water partition coefficient (Wildman–Crippen LogP) is 3.30. The van der Waals surface area contributed by atoms with E-state index in [1.165, 1.54) is 42.8 Å². The number of nitrogens with zero attached hydrogens (tertiary/aromatic N) is 2. The third kappa shape index (κ3) is 3.01. The van der Waals surface area contributed by atoms with Crippen LogP contribution >= 0.6 is 22.9 Å². The number of carboxylic acids is 1. The predicted molar refractivity (Wildman–Crippen MR) is 90.3 cm³/mol. The molecule has 0 saturated heterocycles. The first-order chi connectivity index (χ1) is 11.5. The summed E-state index contributed by atoms with van der Waals surface area (Å²) >= 11 is 7.25. The number of ether oxygens (including phenoxy) is 1. The summed E-state index contributed by atoms with van der Waals surface area (Å²) in [6.45, 7) is 0. The summed E-state index contributed by atoms with van der Waals surface area (Å²) in [4.78, 5) is 31.5. The van der Waals surface area contributed by atoms with Gasteiger partial charge in [0.15, 0.2) is 5.13 Å². The zero-order chi connectivity index (χ0) is 17.3. The second-order valence-corrected chi connectivity index (χ2v) is 6.05. The lowest BCUT2D eigenvalue weighted by molar-refractivity contribution is 0.0697. The fourth-order valence-corrected chi connectivity index (χ4v) is 3.19. The van der Waals surface area contributed by atoms with Crippen molar-refractivity contribution < 1.29 is 19.4 Å². The number of halogens is 1. The van der Waals surface area contributed by atoms with Gasteiger partial charge in [0.05, 0.1) is 28.5 Å². The first-order valence-corrected chi connectivity index (χ1v) is 7.82. The van der Waals surface area contributed by atoms with Crippen molar-refractivity contribution in [2.24, 2.45) is 0 Å². The number of benzene rings is 1. The Labute approximate surface area is 144 Å². The van der Waals surface area contributed by atoms with Crippen LogP contribution < -0.4 is 10.1 Å². The molecule has 0 aliphatic carbocycles. The molecule has 0 atom stereocenters. The normalized spacial score (nSPS) is 10.6. The highest BCUT2D eigenvalue weighted by molar-refractivity contribution is 7.22. The number of hydrogen-bond donors (Lipinski definition) is 2. The van der Waals surface area contributed by atoms with E-state index < -0.39 is 11.9 Å². The van der Waals surface area contributed by atoms with E-state index in [-0.39, 0.29) is 22.0 Å². The second kappa shape index (κ2) is 6.42. The maximum absolute atomic E-state index is 12.3. The van der Waals surface area contributed by atoms with Crippen molar-refractivity contribution in [3.63, 3.8) is 0 Å². The summed E-state index contributed by atoms with van der Waals surface area (Å²) < 4.78 is 5.63. The van der Waals surface area contributed by atoms with Crippen molar-refractivity contribution in [3.8, 4) is 5.88 Å². The van der Waals surface area contributed by atoms with E-state index in [1.54, 1.807) is 6.07 Å². The molecule has 24 heavy (non-hydrogen) atoms. The maximum atomic E-state index is 12.3. The molecule has 3 rings (SSSR count). The number of carboxylic acid groups (broad SMARTS) is 1. The third-order valence-corrected chi connectivity index (χ3v) is 4.45. The lowest BCUT2D eigenvalue weighted by Gasteiger charge is -2.06. The summed E-state index contributed by atoms with van der Waals surface area (Å²) in [7, 11) is 1.41. The molecule has 3 aromatic rings. The van der Waals surface area contributed by atoms with Gasteiger partial charge in [-0.3, -0.25) is 10.1 Å². The molecule has 2 N–H and O–H groups in total. The number of aromatic carboxylic acids is 1. The van der Waals surface area contributed by atoms with Crippen LogP contribution in [0.1, 0.15) is 20.7 Å². The number of hydrogen-bond acceptors (Lipinski definition) is 6. The smallest absolute Gasteiger partial charge is 0.335 e. The van der Waals surface area contributed by atoms with Crippen LogP contribution in [-0.4, -0.2) is 34.1 Å². The van der Waals surface area contributed by atoms with Gasteiger partial charge in [0.1, 0.15) is 5.02 Å². The molecule has 1 amide bonds. The Morgan fingerprint density at radius 3 is 2.83 bits per heavy atom. The van der Waals surface area contributed by atoms with Crippen molar-refractivity contribution in [1.29, 1.82) is 0 Å². The minimum Gasteiger partial charge on any atom is -0.480 e. The number of rotatable bonds is 4. The quantitative estimate of drug-likeness (QED) is 0.737. The number of pyridine rings is 1. The molecule has 0 radical (unpaired) electrons. The zero-order valence-electron chi connectivity index (χ0n) is 12.2. The lowest BCUT2D eigenvalue weighted by Crippen LogP contribution is -2.12. The zero-order valence-corrected chi connectivity index (χ0v) is 13.8. The van der Waals surface area contributed by atoms with Gasteiger partial charge in [-0.2, -0.15) is 0 Å². The van der Waals surface area contributed by atoms with Gasteiger partial charge in [-0.05, 0) is 24.3 Å². The third-order valence-electron chi connectivity index (χ3n) is 3.15. The molecule has 2 heterocycles. The van der Waals surface area contributed by atoms with Gasteiger partial charge in [0.2, 0.25) is 5.88 Å². The lowest BCUT2D eigenvalue weighted by atomic mass is 10.2. The van der Waals surface area contributed by atoms with Crippen molar-refractivity contribution in [1.82, 2.24) is 9.97 Å². The molecular formula is C15H10ClN3O4S. The largest absolute Gasteiger partial charge is 0.480 e. The monoisotopic (exact) mass is 363 g/mol. The number of carbonyl (C=O) groups is 2. The minimum atomic E-state index is -1.02. The average molecular weight is 364 g/mol. The van der Waals surface area contributed by atoms with E-state index in [0.717, 1.165) is 0 Å². The summed E-state index contributed by atoms with van der Waals surface area (Å²) in [5.74, 6) is -1.33. The first kappa shape index (κ1) is 16.2. The van der Waals surface area contributed by atoms with E-state index in [2.05, 4.69) is 15.3 Å². The fraction of sp³-hybridized carbons (Fsp3) is 0.0667. The molecule has 0 aliphatic rings. The Kier molecular flexibility index (Phi) is 4.32. The molecule has 0 fully saturated rings. The molecule has 0 unspecified atom stereocenters. The Balaban J connectivity index is 1.89. The number of anilines is 1. The van der Waals surface area contributed by atoms with Gasteiger partial charge in [-0.25, -0.2) is 14.8 Å². The van der Waals surface area contributed by atoms with Crippen LogP contribution in [-0.2, 0) is 0 Å². The van der Waals surface area contributed by atoms with Gasteiger partial charge in [-0.15, -0.1) is 0 Å². The van der Waals surface area contributed by atoms with Crippen LogP contribution in [0.3, 0.4) is 0 Å². The Bertz CT molecular complexity index is 957. The highest BCUT2D eigenvalue weighted by Gasteiger charge is 2.17. The summed E-state index contributed by atoms with van der Waals surface area (Å²) in [5, 5.41) is 12.1. The number of nitrogens with one attached hydrogen (secondary N) is 1. The van der Waals surface area contributed by atoms with Gasteiger partial charge < -0.3 is 9.84 Å². The van der Waals surface area contributed by atoms with Crippen molar-refractivity contribution in [2.45, 2.75) is 0 Å².